The van der Waals surface area contributed by atoms with Crippen LogP contribution in [0.25, 0.3) is 0 Å². The SMILES string of the molecule is C=CC1=CC=C2C=CC=C(C=C1C=C)C/C2=C\C=C/N. The average Bonchev–Trinajstić information content (AvgIpc) is 2.62. The van der Waals surface area contributed by atoms with Crippen LogP contribution in [-0.4, -0.2) is 0 Å². The van der Waals surface area contributed by atoms with Crippen molar-refractivity contribution < 1.29 is 0 Å². The molecule has 100 valence electrons. The highest BCUT2D eigenvalue weighted by Gasteiger charge is 2.10. The standard InChI is InChI=1S/C19H19N/c1-3-16-10-11-18-8-5-7-15(13-17(16)4-2)14-19(18)9-6-12-20/h3-13H,1-2,14,20H2/b11-10?,12-6-,15-13?,16-10?,17-13?,17-16?,18-11?,19-9+. The van der Waals surface area contributed by atoms with Gasteiger partial charge in [-0.2, -0.15) is 0 Å². The summed E-state index contributed by atoms with van der Waals surface area (Å²) in [6.45, 7) is 7.78. The molecule has 0 spiro atoms. The van der Waals surface area contributed by atoms with Crippen LogP contribution in [0.4, 0.5) is 0 Å². The van der Waals surface area contributed by atoms with E-state index >= 15 is 0 Å². The highest BCUT2D eigenvalue weighted by atomic mass is 14.5. The highest BCUT2D eigenvalue weighted by Crippen LogP contribution is 2.29. The summed E-state index contributed by atoms with van der Waals surface area (Å²) in [5.41, 5.74) is 11.3. The number of nitrogens with two attached hydrogens (primary N) is 1. The lowest BCUT2D eigenvalue weighted by molar-refractivity contribution is 1.19. The topological polar surface area (TPSA) is 26.0 Å². The van der Waals surface area contributed by atoms with Gasteiger partial charge in [0, 0.05) is 0 Å². The van der Waals surface area contributed by atoms with Gasteiger partial charge in [0.05, 0.1) is 0 Å². The number of fused-ring (bicyclic) bond motifs is 3. The summed E-state index contributed by atoms with van der Waals surface area (Å²) in [6, 6.07) is 0. The summed E-state index contributed by atoms with van der Waals surface area (Å²) in [5.74, 6) is 0. The lowest BCUT2D eigenvalue weighted by Gasteiger charge is -2.06. The molecule has 0 aromatic rings. The van der Waals surface area contributed by atoms with E-state index in [4.69, 9.17) is 5.73 Å². The van der Waals surface area contributed by atoms with Gasteiger partial charge in [0.25, 0.3) is 0 Å². The molecule has 0 unspecified atom stereocenters. The molecule has 0 fully saturated rings. The maximum absolute atomic E-state index is 5.44. The van der Waals surface area contributed by atoms with Crippen LogP contribution < -0.4 is 5.73 Å². The van der Waals surface area contributed by atoms with Gasteiger partial charge >= 0.3 is 0 Å². The normalized spacial score (nSPS) is 20.3. The zero-order valence-corrected chi connectivity index (χ0v) is 11.5. The maximum atomic E-state index is 5.44. The third-order valence-corrected chi connectivity index (χ3v) is 3.32. The Balaban J connectivity index is 2.62. The zero-order valence-electron chi connectivity index (χ0n) is 11.5. The summed E-state index contributed by atoms with van der Waals surface area (Å²) in [6.07, 6.45) is 22.8. The first kappa shape index (κ1) is 13.9. The lowest BCUT2D eigenvalue weighted by Crippen LogP contribution is -1.88. The van der Waals surface area contributed by atoms with E-state index in [-0.39, 0.29) is 0 Å². The summed E-state index contributed by atoms with van der Waals surface area (Å²) < 4.78 is 0. The van der Waals surface area contributed by atoms with Gasteiger partial charge in [-0.3, -0.25) is 0 Å². The van der Waals surface area contributed by atoms with Crippen molar-refractivity contribution in [3.63, 3.8) is 0 Å². The second kappa shape index (κ2) is 6.58. The molecule has 20 heavy (non-hydrogen) atoms. The molecule has 0 saturated heterocycles. The maximum Gasteiger partial charge on any atom is -0.00196 e. The summed E-state index contributed by atoms with van der Waals surface area (Å²) in [5, 5.41) is 0. The third-order valence-electron chi connectivity index (χ3n) is 3.32. The molecule has 2 rings (SSSR count). The average molecular weight is 261 g/mol. The molecule has 0 atom stereocenters. The van der Waals surface area contributed by atoms with E-state index < -0.39 is 0 Å². The molecule has 0 aliphatic heterocycles. The minimum absolute atomic E-state index is 0.874. The van der Waals surface area contributed by atoms with Crippen LogP contribution in [0.15, 0.2) is 108 Å². The summed E-state index contributed by atoms with van der Waals surface area (Å²) >= 11 is 0. The van der Waals surface area contributed by atoms with Crippen molar-refractivity contribution in [1.29, 1.82) is 0 Å². The van der Waals surface area contributed by atoms with Gasteiger partial charge in [-0.05, 0) is 46.6 Å². The monoisotopic (exact) mass is 261 g/mol. The Morgan fingerprint density at radius 2 is 1.85 bits per heavy atom. The van der Waals surface area contributed by atoms with Crippen LogP contribution in [0, 0.1) is 0 Å². The third kappa shape index (κ3) is 3.07. The van der Waals surface area contributed by atoms with Gasteiger partial charge in [0.1, 0.15) is 0 Å². The van der Waals surface area contributed by atoms with Crippen LogP contribution in [0.5, 0.6) is 0 Å². The molecule has 2 aliphatic rings. The molecule has 0 aromatic carbocycles. The summed E-state index contributed by atoms with van der Waals surface area (Å²) in [7, 11) is 0. The molecular weight excluding hydrogens is 242 g/mol. The molecule has 2 aliphatic carbocycles. The van der Waals surface area contributed by atoms with Gasteiger partial charge in [-0.25, -0.2) is 0 Å². The van der Waals surface area contributed by atoms with Crippen LogP contribution in [0.3, 0.4) is 0 Å². The molecule has 2 N–H and O–H groups in total. The molecule has 1 nitrogen and oxygen atoms in total. The Morgan fingerprint density at radius 1 is 1.05 bits per heavy atom. The minimum Gasteiger partial charge on any atom is -0.405 e. The summed E-state index contributed by atoms with van der Waals surface area (Å²) in [4.78, 5) is 0. The number of allylic oxidation sites excluding steroid dienone is 15. The van der Waals surface area contributed by atoms with Crippen molar-refractivity contribution in [3.8, 4) is 0 Å². The first-order chi connectivity index (χ1) is 9.78. The van der Waals surface area contributed by atoms with E-state index in [1.54, 1.807) is 6.20 Å². The second-order valence-corrected chi connectivity index (χ2v) is 4.61. The van der Waals surface area contributed by atoms with Gasteiger partial charge in [-0.1, -0.05) is 67.8 Å². The zero-order chi connectivity index (χ0) is 14.4. The van der Waals surface area contributed by atoms with E-state index in [2.05, 4.69) is 55.7 Å². The van der Waals surface area contributed by atoms with E-state index in [0.29, 0.717) is 0 Å². The Labute approximate surface area is 120 Å². The van der Waals surface area contributed by atoms with Crippen LogP contribution in [0.1, 0.15) is 6.42 Å². The van der Waals surface area contributed by atoms with Crippen molar-refractivity contribution in [3.05, 3.63) is 108 Å². The van der Waals surface area contributed by atoms with E-state index in [0.717, 1.165) is 17.6 Å². The molecule has 0 saturated carbocycles. The fourth-order valence-corrected chi connectivity index (χ4v) is 2.27. The van der Waals surface area contributed by atoms with Crippen molar-refractivity contribution in [1.82, 2.24) is 0 Å². The van der Waals surface area contributed by atoms with Crippen molar-refractivity contribution in [2.45, 2.75) is 6.42 Å². The van der Waals surface area contributed by atoms with Gasteiger partial charge in [0.2, 0.25) is 0 Å². The Kier molecular flexibility index (Phi) is 4.56. The van der Waals surface area contributed by atoms with Crippen molar-refractivity contribution in [2.75, 3.05) is 0 Å². The first-order valence-electron chi connectivity index (χ1n) is 6.62. The molecule has 2 bridgehead atoms. The van der Waals surface area contributed by atoms with Crippen LogP contribution in [0.2, 0.25) is 0 Å². The van der Waals surface area contributed by atoms with Gasteiger partial charge < -0.3 is 5.73 Å². The predicted octanol–water partition coefficient (Wildman–Crippen LogP) is 4.44. The Hall–Kier alpha value is -2.54. The lowest BCUT2D eigenvalue weighted by atomic mass is 9.98. The Bertz CT molecular complexity index is 629. The van der Waals surface area contributed by atoms with Crippen molar-refractivity contribution in [2.24, 2.45) is 5.73 Å². The van der Waals surface area contributed by atoms with Crippen LogP contribution in [-0.2, 0) is 0 Å². The second-order valence-electron chi connectivity index (χ2n) is 4.61. The first-order valence-corrected chi connectivity index (χ1v) is 6.62. The fraction of sp³-hybridized carbons (Fsp3) is 0.0526. The number of hydrogen-bond acceptors (Lipinski definition) is 1. The van der Waals surface area contributed by atoms with Crippen LogP contribution >= 0.6 is 0 Å². The smallest absolute Gasteiger partial charge is 0.00196 e. The molecule has 0 aromatic heterocycles. The van der Waals surface area contributed by atoms with Crippen molar-refractivity contribution >= 4 is 0 Å². The van der Waals surface area contributed by atoms with Gasteiger partial charge in [-0.15, -0.1) is 0 Å². The largest absolute Gasteiger partial charge is 0.405 e. The van der Waals surface area contributed by atoms with E-state index in [9.17, 15) is 0 Å². The molecular formula is C19H19N. The molecule has 1 heteroatoms. The highest BCUT2D eigenvalue weighted by molar-refractivity contribution is 5.58. The predicted molar refractivity (Wildman–Crippen MR) is 87.9 cm³/mol. The van der Waals surface area contributed by atoms with E-state index in [1.165, 1.54) is 16.7 Å². The minimum atomic E-state index is 0.874. The quantitative estimate of drug-likeness (QED) is 0.798. The Morgan fingerprint density at radius 3 is 2.55 bits per heavy atom. The number of rotatable bonds is 3. The molecule has 0 heterocycles. The molecule has 0 radical (unpaired) electrons. The van der Waals surface area contributed by atoms with Gasteiger partial charge in [0.15, 0.2) is 0 Å². The molecule has 0 amide bonds. The fourth-order valence-electron chi connectivity index (χ4n) is 2.27. The number of hydrogen-bond donors (Lipinski definition) is 1. The van der Waals surface area contributed by atoms with E-state index in [1.807, 2.05) is 18.2 Å².